The van der Waals surface area contributed by atoms with Crippen LogP contribution in [0.1, 0.15) is 89.2 Å². The second-order valence-corrected chi connectivity index (χ2v) is 13.3. The van der Waals surface area contributed by atoms with E-state index in [0.717, 1.165) is 72.3 Å². The van der Waals surface area contributed by atoms with Crippen LogP contribution >= 0.6 is 0 Å². The van der Waals surface area contributed by atoms with Crippen LogP contribution < -0.4 is 9.47 Å². The molecule has 2 heterocycles. The smallest absolute Gasteiger partial charge is 0.248 e. The van der Waals surface area contributed by atoms with E-state index >= 15 is 0 Å². The molecular weight excluding hydrogens is 649 g/mol. The summed E-state index contributed by atoms with van der Waals surface area (Å²) < 4.78 is 23.9. The minimum Gasteiger partial charge on any atom is -0.494 e. The molecule has 0 N–H and O–H groups in total. The molecule has 4 aromatic carbocycles. The lowest BCUT2D eigenvalue weighted by molar-refractivity contribution is 0.297. The number of aryl methyl sites for hydroxylation is 2. The molecule has 8 heteroatoms. The Morgan fingerprint density at radius 1 is 0.385 bits per heavy atom. The first-order valence-corrected chi connectivity index (χ1v) is 19.0. The average molecular weight is 699 g/mol. The maximum absolute atomic E-state index is 5.98. The van der Waals surface area contributed by atoms with Gasteiger partial charge < -0.3 is 18.3 Å². The first-order valence-electron chi connectivity index (χ1n) is 19.0. The second kappa shape index (κ2) is 19.4. The summed E-state index contributed by atoms with van der Waals surface area (Å²) in [6.07, 6.45) is 13.7. The maximum Gasteiger partial charge on any atom is 0.248 e. The highest BCUT2D eigenvalue weighted by atomic mass is 16.5. The first-order chi connectivity index (χ1) is 25.7. The molecule has 0 aliphatic heterocycles. The molecule has 0 saturated heterocycles. The average Bonchev–Trinajstić information content (AvgIpc) is 3.90. The first kappa shape index (κ1) is 36.5. The van der Waals surface area contributed by atoms with Crippen molar-refractivity contribution >= 4 is 0 Å². The molecular formula is C44H50N4O4. The van der Waals surface area contributed by atoms with Crippen molar-refractivity contribution in [3.63, 3.8) is 0 Å². The number of nitrogens with zero attached hydrogens (tertiary/aromatic N) is 4. The molecule has 0 unspecified atom stereocenters. The summed E-state index contributed by atoms with van der Waals surface area (Å²) in [4.78, 5) is 0. The Bertz CT molecular complexity index is 1760. The number of rotatable bonds is 21. The maximum atomic E-state index is 5.98. The summed E-state index contributed by atoms with van der Waals surface area (Å²) in [7, 11) is 0. The van der Waals surface area contributed by atoms with Crippen LogP contribution in [0.15, 0.2) is 106 Å². The summed E-state index contributed by atoms with van der Waals surface area (Å²) in [6, 6.07) is 32.5. The Morgan fingerprint density at radius 3 is 1.02 bits per heavy atom. The van der Waals surface area contributed by atoms with Crippen LogP contribution in [0.5, 0.6) is 11.5 Å². The van der Waals surface area contributed by atoms with Crippen molar-refractivity contribution in [1.29, 1.82) is 0 Å². The number of ether oxygens (including phenoxy) is 2. The van der Waals surface area contributed by atoms with E-state index in [2.05, 4.69) is 82.8 Å². The lowest BCUT2D eigenvalue weighted by Crippen LogP contribution is -1.98. The quantitative estimate of drug-likeness (QED) is 0.0685. The molecule has 0 atom stereocenters. The van der Waals surface area contributed by atoms with Crippen LogP contribution in [0.4, 0.5) is 0 Å². The minimum atomic E-state index is 0.508. The van der Waals surface area contributed by atoms with Crippen molar-refractivity contribution in [2.45, 2.75) is 90.9 Å². The van der Waals surface area contributed by atoms with E-state index in [-0.39, 0.29) is 0 Å². The van der Waals surface area contributed by atoms with Crippen LogP contribution in [-0.4, -0.2) is 33.6 Å². The van der Waals surface area contributed by atoms with Gasteiger partial charge in [0.1, 0.15) is 11.5 Å². The Hall–Kier alpha value is -5.24. The van der Waals surface area contributed by atoms with Crippen molar-refractivity contribution in [3.8, 4) is 57.3 Å². The van der Waals surface area contributed by atoms with Gasteiger partial charge in [0, 0.05) is 22.3 Å². The zero-order valence-electron chi connectivity index (χ0n) is 30.6. The number of unbranched alkanes of at least 4 members (excludes halogenated alkanes) is 7. The number of benzene rings is 4. The van der Waals surface area contributed by atoms with Gasteiger partial charge >= 0.3 is 0 Å². The molecule has 0 fully saturated rings. The molecule has 270 valence electrons. The fourth-order valence-corrected chi connectivity index (χ4v) is 5.98. The van der Waals surface area contributed by atoms with Gasteiger partial charge in [-0.15, -0.1) is 20.4 Å². The predicted octanol–water partition coefficient (Wildman–Crippen LogP) is 11.6. The molecule has 0 saturated carbocycles. The van der Waals surface area contributed by atoms with Crippen LogP contribution in [0, 0.1) is 0 Å². The lowest BCUT2D eigenvalue weighted by atomic mass is 10.1. The fraction of sp³-hybridized carbons (Fsp3) is 0.364. The number of hydrogen-bond donors (Lipinski definition) is 0. The molecule has 0 radical (unpaired) electrons. The standard InChI is InChI=1S/C44H50N4O4/c1-3-5-13-33-15-19-35(20-16-33)41-45-47-43(51-41)37-23-27-39(28-24-37)49-31-11-9-7-8-10-12-32-50-40-29-25-38(26-30-40)44-48-46-42(52-44)36-21-17-34(18-22-36)14-6-4-2/h15-30H,3-14,31-32H2,1-2H3. The summed E-state index contributed by atoms with van der Waals surface area (Å²) in [5, 5.41) is 17.0. The predicted molar refractivity (Wildman–Crippen MR) is 206 cm³/mol. The van der Waals surface area contributed by atoms with E-state index in [1.165, 1.54) is 49.7 Å². The molecule has 8 nitrogen and oxygen atoms in total. The topological polar surface area (TPSA) is 96.3 Å². The van der Waals surface area contributed by atoms with Crippen molar-refractivity contribution < 1.29 is 18.3 Å². The molecule has 2 aromatic heterocycles. The Morgan fingerprint density at radius 2 is 0.692 bits per heavy atom. The zero-order valence-corrected chi connectivity index (χ0v) is 30.6. The van der Waals surface area contributed by atoms with Crippen LogP contribution in [0.3, 0.4) is 0 Å². The second-order valence-electron chi connectivity index (χ2n) is 13.3. The summed E-state index contributed by atoms with van der Waals surface area (Å²) >= 11 is 0. The van der Waals surface area contributed by atoms with Gasteiger partial charge in [0.25, 0.3) is 0 Å². The van der Waals surface area contributed by atoms with Crippen molar-refractivity contribution in [3.05, 3.63) is 108 Å². The van der Waals surface area contributed by atoms with Gasteiger partial charge in [-0.2, -0.15) is 0 Å². The highest BCUT2D eigenvalue weighted by Gasteiger charge is 2.12. The van der Waals surface area contributed by atoms with Crippen LogP contribution in [-0.2, 0) is 12.8 Å². The molecule has 0 spiro atoms. The van der Waals surface area contributed by atoms with Gasteiger partial charge in [-0.25, -0.2) is 0 Å². The summed E-state index contributed by atoms with van der Waals surface area (Å²) in [6.45, 7) is 5.82. The van der Waals surface area contributed by atoms with E-state index in [0.29, 0.717) is 36.8 Å². The van der Waals surface area contributed by atoms with E-state index in [9.17, 15) is 0 Å². The number of aromatic nitrogens is 4. The molecule has 6 rings (SSSR count). The van der Waals surface area contributed by atoms with Crippen LogP contribution in [0.2, 0.25) is 0 Å². The highest BCUT2D eigenvalue weighted by molar-refractivity contribution is 5.60. The van der Waals surface area contributed by atoms with Gasteiger partial charge in [0.2, 0.25) is 23.6 Å². The monoisotopic (exact) mass is 698 g/mol. The molecule has 0 bridgehead atoms. The van der Waals surface area contributed by atoms with Crippen LogP contribution in [0.25, 0.3) is 45.8 Å². The molecule has 52 heavy (non-hydrogen) atoms. The molecule has 0 amide bonds. The van der Waals surface area contributed by atoms with Crippen molar-refractivity contribution in [2.24, 2.45) is 0 Å². The Kier molecular flexibility index (Phi) is 13.6. The third-order valence-electron chi connectivity index (χ3n) is 9.17. The van der Waals surface area contributed by atoms with Gasteiger partial charge in [0.05, 0.1) is 13.2 Å². The lowest BCUT2D eigenvalue weighted by Gasteiger charge is -2.07. The normalized spacial score (nSPS) is 11.2. The number of hydrogen-bond acceptors (Lipinski definition) is 8. The van der Waals surface area contributed by atoms with E-state index < -0.39 is 0 Å². The van der Waals surface area contributed by atoms with Gasteiger partial charge in [-0.3, -0.25) is 0 Å². The zero-order chi connectivity index (χ0) is 35.8. The molecule has 0 aliphatic rings. The molecule has 0 aliphatic carbocycles. The SMILES string of the molecule is CCCCc1ccc(-c2nnc(-c3ccc(OCCCCCCCCOc4ccc(-c5nnc(-c6ccc(CCCC)cc6)o5)cc4)cc3)o2)cc1. The van der Waals surface area contributed by atoms with E-state index in [1.54, 1.807) is 0 Å². The van der Waals surface area contributed by atoms with E-state index in [4.69, 9.17) is 18.3 Å². The Labute approximate surface area is 307 Å². The van der Waals surface area contributed by atoms with E-state index in [1.807, 2.05) is 48.5 Å². The minimum absolute atomic E-state index is 0.508. The van der Waals surface area contributed by atoms with Crippen molar-refractivity contribution in [1.82, 2.24) is 20.4 Å². The third kappa shape index (κ3) is 10.6. The van der Waals surface area contributed by atoms with Gasteiger partial charge in [0.15, 0.2) is 0 Å². The fourth-order valence-electron chi connectivity index (χ4n) is 5.98. The van der Waals surface area contributed by atoms with Gasteiger partial charge in [-0.05, 0) is 122 Å². The summed E-state index contributed by atoms with van der Waals surface area (Å²) in [5.74, 6) is 3.78. The Balaban J connectivity index is 0.819. The van der Waals surface area contributed by atoms with Crippen molar-refractivity contribution in [2.75, 3.05) is 13.2 Å². The van der Waals surface area contributed by atoms with Gasteiger partial charge in [-0.1, -0.05) is 76.6 Å². The highest BCUT2D eigenvalue weighted by Crippen LogP contribution is 2.28. The third-order valence-corrected chi connectivity index (χ3v) is 9.17. The molecule has 6 aromatic rings. The summed E-state index contributed by atoms with van der Waals surface area (Å²) in [5.41, 5.74) is 6.29. The largest absolute Gasteiger partial charge is 0.494 e.